The molecule has 0 bridgehead atoms. The van der Waals surface area contributed by atoms with Crippen molar-refractivity contribution in [2.75, 3.05) is 0 Å². The molecule has 2 aromatic rings. The standard InChI is InChI=1S/C15H13NO/c1-8-4-5-9(2)14-13(8)11-6-10(3)16-7-12(11)15(14)17/h4-7H,1-3H3. The van der Waals surface area contributed by atoms with Gasteiger partial charge in [0.05, 0.1) is 0 Å². The summed E-state index contributed by atoms with van der Waals surface area (Å²) in [6.45, 7) is 5.99. The van der Waals surface area contributed by atoms with E-state index in [2.05, 4.69) is 18.0 Å². The molecule has 1 aliphatic rings. The first-order chi connectivity index (χ1) is 8.09. The summed E-state index contributed by atoms with van der Waals surface area (Å²) in [5, 5.41) is 0. The molecule has 0 saturated carbocycles. The Morgan fingerprint density at radius 3 is 2.29 bits per heavy atom. The van der Waals surface area contributed by atoms with E-state index < -0.39 is 0 Å². The van der Waals surface area contributed by atoms with Gasteiger partial charge in [-0.25, -0.2) is 0 Å². The second-order valence-corrected chi connectivity index (χ2v) is 4.65. The molecule has 2 heteroatoms. The van der Waals surface area contributed by atoms with Gasteiger partial charge in [-0.05, 0) is 49.1 Å². The molecule has 0 saturated heterocycles. The third kappa shape index (κ3) is 1.27. The summed E-state index contributed by atoms with van der Waals surface area (Å²) < 4.78 is 0. The zero-order chi connectivity index (χ0) is 12.2. The van der Waals surface area contributed by atoms with Crippen molar-refractivity contribution in [1.82, 2.24) is 4.98 Å². The maximum atomic E-state index is 12.3. The number of benzene rings is 1. The Morgan fingerprint density at radius 1 is 0.941 bits per heavy atom. The lowest BCUT2D eigenvalue weighted by atomic mass is 9.97. The van der Waals surface area contributed by atoms with Crippen LogP contribution in [0.1, 0.15) is 32.7 Å². The zero-order valence-corrected chi connectivity index (χ0v) is 10.2. The molecular weight excluding hydrogens is 210 g/mol. The van der Waals surface area contributed by atoms with Crippen molar-refractivity contribution in [3.8, 4) is 11.1 Å². The first kappa shape index (κ1) is 10.2. The van der Waals surface area contributed by atoms with Crippen molar-refractivity contribution in [1.29, 1.82) is 0 Å². The molecule has 0 radical (unpaired) electrons. The van der Waals surface area contributed by atoms with Crippen LogP contribution in [0.15, 0.2) is 24.4 Å². The molecule has 3 rings (SSSR count). The number of carbonyl (C=O) groups excluding carboxylic acids is 1. The van der Waals surface area contributed by atoms with Crippen LogP contribution in [0.2, 0.25) is 0 Å². The van der Waals surface area contributed by atoms with Crippen molar-refractivity contribution in [2.24, 2.45) is 0 Å². The van der Waals surface area contributed by atoms with Crippen LogP contribution in [0.3, 0.4) is 0 Å². The van der Waals surface area contributed by atoms with Gasteiger partial charge < -0.3 is 0 Å². The van der Waals surface area contributed by atoms with E-state index >= 15 is 0 Å². The first-order valence-electron chi connectivity index (χ1n) is 5.71. The highest BCUT2D eigenvalue weighted by Gasteiger charge is 2.29. The molecule has 0 fully saturated rings. The molecule has 0 aliphatic heterocycles. The SMILES string of the molecule is Cc1cc2c(cn1)C(=O)c1c(C)ccc(C)c1-2. The molecule has 1 aliphatic carbocycles. The Balaban J connectivity index is 2.45. The van der Waals surface area contributed by atoms with Gasteiger partial charge in [-0.1, -0.05) is 12.1 Å². The van der Waals surface area contributed by atoms with E-state index in [9.17, 15) is 4.79 Å². The van der Waals surface area contributed by atoms with E-state index in [0.717, 1.165) is 39.1 Å². The largest absolute Gasteiger partial charge is 0.288 e. The Bertz CT molecular complexity index is 656. The number of nitrogens with zero attached hydrogens (tertiary/aromatic N) is 1. The van der Waals surface area contributed by atoms with Crippen LogP contribution in [0.25, 0.3) is 11.1 Å². The summed E-state index contributed by atoms with van der Waals surface area (Å²) in [5.74, 6) is 0.115. The predicted octanol–water partition coefficient (Wildman–Crippen LogP) is 3.22. The number of hydrogen-bond acceptors (Lipinski definition) is 2. The summed E-state index contributed by atoms with van der Waals surface area (Å²) in [5.41, 5.74) is 6.88. The van der Waals surface area contributed by atoms with Crippen LogP contribution >= 0.6 is 0 Å². The van der Waals surface area contributed by atoms with Gasteiger partial charge in [-0.15, -0.1) is 0 Å². The number of aryl methyl sites for hydroxylation is 3. The molecule has 2 nitrogen and oxygen atoms in total. The molecule has 17 heavy (non-hydrogen) atoms. The van der Waals surface area contributed by atoms with Gasteiger partial charge in [0, 0.05) is 23.0 Å². The fourth-order valence-corrected chi connectivity index (χ4v) is 2.53. The minimum atomic E-state index is 0.115. The van der Waals surface area contributed by atoms with Crippen molar-refractivity contribution in [2.45, 2.75) is 20.8 Å². The fourth-order valence-electron chi connectivity index (χ4n) is 2.53. The van der Waals surface area contributed by atoms with Crippen LogP contribution in [0.4, 0.5) is 0 Å². The minimum Gasteiger partial charge on any atom is -0.288 e. The molecule has 0 unspecified atom stereocenters. The third-order valence-electron chi connectivity index (χ3n) is 3.40. The van der Waals surface area contributed by atoms with Crippen LogP contribution in [0.5, 0.6) is 0 Å². The molecule has 1 heterocycles. The van der Waals surface area contributed by atoms with Gasteiger partial charge in [0.15, 0.2) is 5.78 Å². The maximum Gasteiger partial charge on any atom is 0.196 e. The quantitative estimate of drug-likeness (QED) is 0.585. The average Bonchev–Trinajstić information content (AvgIpc) is 2.58. The molecule has 84 valence electrons. The number of fused-ring (bicyclic) bond motifs is 3. The number of carbonyl (C=O) groups is 1. The second-order valence-electron chi connectivity index (χ2n) is 4.65. The number of pyridine rings is 1. The lowest BCUT2D eigenvalue weighted by Crippen LogP contribution is -1.98. The normalized spacial score (nSPS) is 12.5. The summed E-state index contributed by atoms with van der Waals surface area (Å²) in [6, 6.07) is 6.09. The van der Waals surface area contributed by atoms with Crippen molar-refractivity contribution >= 4 is 5.78 Å². The number of aromatic nitrogens is 1. The summed E-state index contributed by atoms with van der Waals surface area (Å²) in [4.78, 5) is 16.6. The van der Waals surface area contributed by atoms with E-state index in [1.54, 1.807) is 6.20 Å². The monoisotopic (exact) mass is 223 g/mol. The highest BCUT2D eigenvalue weighted by molar-refractivity contribution is 6.22. The fraction of sp³-hybridized carbons (Fsp3) is 0.200. The average molecular weight is 223 g/mol. The number of hydrogen-bond donors (Lipinski definition) is 0. The lowest BCUT2D eigenvalue weighted by Gasteiger charge is -2.06. The third-order valence-corrected chi connectivity index (χ3v) is 3.40. The molecule has 1 aromatic heterocycles. The van der Waals surface area contributed by atoms with Crippen LogP contribution in [-0.2, 0) is 0 Å². The van der Waals surface area contributed by atoms with Crippen LogP contribution < -0.4 is 0 Å². The molecule has 0 atom stereocenters. The van der Waals surface area contributed by atoms with Gasteiger partial charge in [-0.2, -0.15) is 0 Å². The molecule has 0 N–H and O–H groups in total. The lowest BCUT2D eigenvalue weighted by molar-refractivity contribution is 0.104. The van der Waals surface area contributed by atoms with E-state index in [-0.39, 0.29) is 5.78 Å². The molecular formula is C15H13NO. The number of rotatable bonds is 0. The summed E-state index contributed by atoms with van der Waals surface area (Å²) in [6.07, 6.45) is 1.70. The topological polar surface area (TPSA) is 30.0 Å². The van der Waals surface area contributed by atoms with E-state index in [1.807, 2.05) is 26.0 Å². The highest BCUT2D eigenvalue weighted by atomic mass is 16.1. The maximum absolute atomic E-state index is 12.3. The zero-order valence-electron chi connectivity index (χ0n) is 10.2. The van der Waals surface area contributed by atoms with Crippen molar-refractivity contribution < 1.29 is 4.79 Å². The minimum absolute atomic E-state index is 0.115. The van der Waals surface area contributed by atoms with Gasteiger partial charge in [0.2, 0.25) is 0 Å². The van der Waals surface area contributed by atoms with Gasteiger partial charge in [0.1, 0.15) is 0 Å². The van der Waals surface area contributed by atoms with Gasteiger partial charge in [0.25, 0.3) is 0 Å². The molecule has 0 amide bonds. The van der Waals surface area contributed by atoms with Gasteiger partial charge in [-0.3, -0.25) is 9.78 Å². The summed E-state index contributed by atoms with van der Waals surface area (Å²) >= 11 is 0. The molecule has 1 aromatic carbocycles. The van der Waals surface area contributed by atoms with Crippen molar-refractivity contribution in [3.63, 3.8) is 0 Å². The van der Waals surface area contributed by atoms with Crippen LogP contribution in [-0.4, -0.2) is 10.8 Å². The smallest absolute Gasteiger partial charge is 0.196 e. The van der Waals surface area contributed by atoms with Gasteiger partial charge >= 0.3 is 0 Å². The van der Waals surface area contributed by atoms with E-state index in [1.165, 1.54) is 0 Å². The Morgan fingerprint density at radius 2 is 1.59 bits per heavy atom. The predicted molar refractivity (Wildman–Crippen MR) is 67.3 cm³/mol. The highest BCUT2D eigenvalue weighted by Crippen LogP contribution is 2.40. The Labute approximate surface area is 100 Å². The first-order valence-corrected chi connectivity index (χ1v) is 5.71. The van der Waals surface area contributed by atoms with E-state index in [0.29, 0.717) is 0 Å². The second kappa shape index (κ2) is 3.27. The molecule has 0 spiro atoms. The van der Waals surface area contributed by atoms with E-state index in [4.69, 9.17) is 0 Å². The Hall–Kier alpha value is -1.96. The van der Waals surface area contributed by atoms with Crippen LogP contribution in [0, 0.1) is 20.8 Å². The van der Waals surface area contributed by atoms with Crippen molar-refractivity contribution in [3.05, 3.63) is 52.3 Å². The Kier molecular flexibility index (Phi) is 1.96. The summed E-state index contributed by atoms with van der Waals surface area (Å²) in [7, 11) is 0. The number of ketones is 1.